The van der Waals surface area contributed by atoms with Gasteiger partial charge in [-0.2, -0.15) is 0 Å². The van der Waals surface area contributed by atoms with E-state index in [1.54, 1.807) is 12.4 Å². The number of aromatic nitrogens is 1. The quantitative estimate of drug-likeness (QED) is 0.198. The number of halogens is 1. The van der Waals surface area contributed by atoms with Crippen LogP contribution in [0.5, 0.6) is 0 Å². The summed E-state index contributed by atoms with van der Waals surface area (Å²) in [5.74, 6) is -0.0403. The maximum atomic E-state index is 14.3. The van der Waals surface area contributed by atoms with E-state index < -0.39 is 5.60 Å². The third kappa shape index (κ3) is 7.39. The number of fused-ring (bicyclic) bond motifs is 1. The Balaban J connectivity index is 1.41. The number of carbonyl (C=O) groups is 2. The minimum Gasteiger partial charge on any atom is -0.444 e. The predicted molar refractivity (Wildman–Crippen MR) is 176 cm³/mol. The van der Waals surface area contributed by atoms with Crippen molar-refractivity contribution in [3.8, 4) is 11.1 Å². The number of pyridine rings is 1. The Morgan fingerprint density at radius 1 is 0.930 bits per heavy atom. The van der Waals surface area contributed by atoms with Crippen molar-refractivity contribution in [3.63, 3.8) is 0 Å². The van der Waals surface area contributed by atoms with Crippen molar-refractivity contribution in [3.05, 3.63) is 88.5 Å². The molecule has 1 aliphatic rings. The average Bonchev–Trinajstić information content (AvgIpc) is 3.34. The minimum atomic E-state index is -0.544. The zero-order chi connectivity index (χ0) is 30.6. The highest BCUT2D eigenvalue weighted by Gasteiger charge is 2.35. The van der Waals surface area contributed by atoms with Crippen molar-refractivity contribution in [2.24, 2.45) is 0 Å². The van der Waals surface area contributed by atoms with E-state index in [1.165, 1.54) is 11.3 Å². The van der Waals surface area contributed by atoms with Crippen LogP contribution in [0.25, 0.3) is 21.2 Å². The van der Waals surface area contributed by atoms with Crippen LogP contribution >= 0.6 is 22.9 Å². The molecule has 0 aliphatic heterocycles. The molecule has 0 spiro atoms. The number of carbonyl (C=O) groups excluding carboxylic acids is 2. The van der Waals surface area contributed by atoms with Gasteiger partial charge in [-0.05, 0) is 93.8 Å². The van der Waals surface area contributed by atoms with Crippen LogP contribution in [0.15, 0.2) is 73.1 Å². The summed E-state index contributed by atoms with van der Waals surface area (Å²) >= 11 is 8.29. The lowest BCUT2D eigenvalue weighted by Gasteiger charge is -2.41. The summed E-state index contributed by atoms with van der Waals surface area (Å²) in [6.45, 7) is 8.92. The molecule has 0 N–H and O–H groups in total. The van der Waals surface area contributed by atoms with Crippen molar-refractivity contribution in [1.82, 2.24) is 14.8 Å². The van der Waals surface area contributed by atoms with Crippen LogP contribution in [-0.2, 0) is 11.3 Å². The molecular weight excluding hydrogens is 578 g/mol. The monoisotopic (exact) mass is 617 g/mol. The molecule has 0 radical (unpaired) electrons. The fraction of sp³-hybridized carbons (Fsp3) is 0.400. The molecule has 6 nitrogen and oxygen atoms in total. The van der Waals surface area contributed by atoms with Gasteiger partial charge in [0.05, 0.1) is 5.02 Å². The number of ether oxygens (including phenoxy) is 1. The molecule has 1 fully saturated rings. The maximum Gasteiger partial charge on any atom is 0.410 e. The summed E-state index contributed by atoms with van der Waals surface area (Å²) in [6.07, 6.45) is 7.41. The van der Waals surface area contributed by atoms with Gasteiger partial charge in [-0.1, -0.05) is 54.9 Å². The fourth-order valence-corrected chi connectivity index (χ4v) is 7.37. The lowest BCUT2D eigenvalue weighted by Crippen LogP contribution is -2.49. The van der Waals surface area contributed by atoms with Crippen LogP contribution in [0.4, 0.5) is 4.79 Å². The van der Waals surface area contributed by atoms with E-state index in [9.17, 15) is 9.59 Å². The molecule has 226 valence electrons. The van der Waals surface area contributed by atoms with Gasteiger partial charge in [0.1, 0.15) is 10.5 Å². The lowest BCUT2D eigenvalue weighted by atomic mass is 9.88. The van der Waals surface area contributed by atoms with E-state index in [4.69, 9.17) is 16.3 Å². The molecule has 2 aromatic heterocycles. The summed E-state index contributed by atoms with van der Waals surface area (Å²) in [7, 11) is 0. The van der Waals surface area contributed by atoms with E-state index in [1.807, 2.05) is 73.0 Å². The van der Waals surface area contributed by atoms with Gasteiger partial charge < -0.3 is 14.5 Å². The highest BCUT2D eigenvalue weighted by molar-refractivity contribution is 7.21. The molecule has 1 saturated carbocycles. The molecule has 0 bridgehead atoms. The molecule has 5 rings (SSSR count). The first kappa shape index (κ1) is 31.0. The maximum absolute atomic E-state index is 14.3. The molecule has 43 heavy (non-hydrogen) atoms. The van der Waals surface area contributed by atoms with Crippen molar-refractivity contribution in [1.29, 1.82) is 0 Å². The van der Waals surface area contributed by atoms with Gasteiger partial charge in [-0.3, -0.25) is 9.78 Å². The third-order valence-electron chi connectivity index (χ3n) is 7.92. The number of hydrogen-bond donors (Lipinski definition) is 0. The van der Waals surface area contributed by atoms with Crippen molar-refractivity contribution in [2.75, 3.05) is 6.54 Å². The molecular formula is C35H40ClN3O3S. The summed E-state index contributed by atoms with van der Waals surface area (Å²) in [5, 5.41) is 1.43. The van der Waals surface area contributed by atoms with E-state index in [-0.39, 0.29) is 24.1 Å². The second-order valence-electron chi connectivity index (χ2n) is 12.2. The Bertz CT molecular complexity index is 1560. The fourth-order valence-electron chi connectivity index (χ4n) is 5.91. The first-order valence-electron chi connectivity index (χ1n) is 15.1. The SMILES string of the molecule is CCCN(C(=O)OC(C)(C)C)C1CCC(N(Cc2cccc(-c3ccncc3)c2)C(=O)c2sc3ccccc3c2Cl)CC1. The number of rotatable bonds is 8. The van der Waals surface area contributed by atoms with Crippen LogP contribution in [-0.4, -0.2) is 51.0 Å². The summed E-state index contributed by atoms with van der Waals surface area (Å²) < 4.78 is 6.76. The number of nitrogens with zero attached hydrogens (tertiary/aromatic N) is 3. The Hall–Kier alpha value is -3.42. The Morgan fingerprint density at radius 2 is 1.60 bits per heavy atom. The molecule has 8 heteroatoms. The van der Waals surface area contributed by atoms with Gasteiger partial charge in [0.2, 0.25) is 0 Å². The normalized spacial score (nSPS) is 17.0. The smallest absolute Gasteiger partial charge is 0.410 e. The standard InChI is InChI=1S/C35H40ClN3O3S/c1-5-21-38(34(41)42-35(2,3)4)27-13-15-28(16-14-27)39(33(40)32-31(36)29-11-6-7-12-30(29)43-32)23-24-9-8-10-26(22-24)25-17-19-37-20-18-25/h6-12,17-20,22,27-28H,5,13-16,21,23H2,1-4H3. The first-order valence-corrected chi connectivity index (χ1v) is 16.3. The van der Waals surface area contributed by atoms with Gasteiger partial charge in [0.25, 0.3) is 5.91 Å². The largest absolute Gasteiger partial charge is 0.444 e. The topological polar surface area (TPSA) is 62.7 Å². The zero-order valence-corrected chi connectivity index (χ0v) is 27.0. The molecule has 0 atom stereocenters. The van der Waals surface area contributed by atoms with Gasteiger partial charge >= 0.3 is 6.09 Å². The second-order valence-corrected chi connectivity index (χ2v) is 13.7. The molecule has 0 saturated heterocycles. The van der Waals surface area contributed by atoms with Crippen LogP contribution in [0.2, 0.25) is 5.02 Å². The Labute approximate surface area is 263 Å². The van der Waals surface area contributed by atoms with E-state index in [0.717, 1.165) is 58.9 Å². The van der Waals surface area contributed by atoms with E-state index >= 15 is 0 Å². The lowest BCUT2D eigenvalue weighted by molar-refractivity contribution is 0.00763. The number of thiophene rings is 1. The Morgan fingerprint density at radius 3 is 2.26 bits per heavy atom. The van der Waals surface area contributed by atoms with Crippen LogP contribution < -0.4 is 0 Å². The predicted octanol–water partition coefficient (Wildman–Crippen LogP) is 9.22. The van der Waals surface area contributed by atoms with Crippen molar-refractivity contribution in [2.45, 2.75) is 84.0 Å². The zero-order valence-electron chi connectivity index (χ0n) is 25.4. The van der Waals surface area contributed by atoms with Gasteiger partial charge in [0, 0.05) is 47.7 Å². The van der Waals surface area contributed by atoms with Crippen LogP contribution in [0.1, 0.15) is 75.0 Å². The van der Waals surface area contributed by atoms with Crippen molar-refractivity contribution < 1.29 is 14.3 Å². The molecule has 4 aromatic rings. The summed E-state index contributed by atoms with van der Waals surface area (Å²) in [4.78, 5) is 36.1. The van der Waals surface area contributed by atoms with E-state index in [2.05, 4.69) is 30.1 Å². The molecule has 1 aliphatic carbocycles. The average molecular weight is 618 g/mol. The third-order valence-corrected chi connectivity index (χ3v) is 9.59. The molecule has 0 unspecified atom stereocenters. The highest BCUT2D eigenvalue weighted by atomic mass is 35.5. The van der Waals surface area contributed by atoms with Crippen LogP contribution in [0.3, 0.4) is 0 Å². The second kappa shape index (κ2) is 13.5. The Kier molecular flexibility index (Phi) is 9.72. The van der Waals surface area contributed by atoms with Crippen LogP contribution in [0, 0.1) is 0 Å². The number of amides is 2. The molecule has 2 amide bonds. The van der Waals surface area contributed by atoms with Gasteiger partial charge in [-0.15, -0.1) is 11.3 Å². The molecule has 2 heterocycles. The number of hydrogen-bond acceptors (Lipinski definition) is 5. The van der Waals surface area contributed by atoms with E-state index in [0.29, 0.717) is 23.0 Å². The summed E-state index contributed by atoms with van der Waals surface area (Å²) in [5.41, 5.74) is 2.69. The van der Waals surface area contributed by atoms with Gasteiger partial charge in [0.15, 0.2) is 0 Å². The molecule has 2 aromatic carbocycles. The summed E-state index contributed by atoms with van der Waals surface area (Å²) in [6, 6.07) is 20.4. The van der Waals surface area contributed by atoms with Crippen molar-refractivity contribution >= 4 is 45.0 Å². The number of benzene rings is 2. The minimum absolute atomic E-state index is 0.0247. The van der Waals surface area contributed by atoms with Gasteiger partial charge in [-0.25, -0.2) is 4.79 Å². The first-order chi connectivity index (χ1) is 20.6. The highest BCUT2D eigenvalue weighted by Crippen LogP contribution is 2.38.